The number of imidazole rings is 1. The average Bonchev–Trinajstić information content (AvgIpc) is 3.30. The van der Waals surface area contributed by atoms with Crippen LogP contribution in [0.1, 0.15) is 16.7 Å². The Kier molecular flexibility index (Phi) is 4.36. The summed E-state index contributed by atoms with van der Waals surface area (Å²) in [5.74, 6) is 0. The molecule has 4 rings (SSSR count). The van der Waals surface area contributed by atoms with Gasteiger partial charge in [-0.1, -0.05) is 6.07 Å². The zero-order valence-electron chi connectivity index (χ0n) is 13.1. The number of nitrogens with zero attached hydrogens (tertiary/aromatic N) is 3. The summed E-state index contributed by atoms with van der Waals surface area (Å²) in [5.41, 5.74) is 8.20. The van der Waals surface area contributed by atoms with E-state index in [9.17, 15) is 0 Å². The second kappa shape index (κ2) is 6.64. The average molecular weight is 376 g/mol. The lowest BCUT2D eigenvalue weighted by molar-refractivity contribution is 0.743. The van der Waals surface area contributed by atoms with Gasteiger partial charge < -0.3 is 15.6 Å². The molecule has 24 heavy (non-hydrogen) atoms. The lowest BCUT2D eigenvalue weighted by atomic mass is 10.2. The monoisotopic (exact) mass is 375 g/mol. The molecule has 3 N–H and O–H groups in total. The number of hydrogen-bond acceptors (Lipinski definition) is 7. The summed E-state index contributed by atoms with van der Waals surface area (Å²) in [6.07, 6.45) is 6.42. The van der Waals surface area contributed by atoms with Gasteiger partial charge in [-0.3, -0.25) is 0 Å². The van der Waals surface area contributed by atoms with Crippen molar-refractivity contribution in [2.45, 2.75) is 25.9 Å². The zero-order valence-corrected chi connectivity index (χ0v) is 15.5. The SMILES string of the molecule is CC(N)Cc1sc2c(NCc3cccs3)snc2c1-n1ccnc1. The maximum Gasteiger partial charge on any atom is 0.127 e. The van der Waals surface area contributed by atoms with Gasteiger partial charge in [0.05, 0.1) is 23.3 Å². The second-order valence-electron chi connectivity index (χ2n) is 5.65. The first kappa shape index (κ1) is 15.8. The molecule has 1 unspecified atom stereocenters. The number of fused-ring (bicyclic) bond motifs is 1. The van der Waals surface area contributed by atoms with Crippen LogP contribution in [-0.4, -0.2) is 20.0 Å². The highest BCUT2D eigenvalue weighted by molar-refractivity contribution is 7.25. The van der Waals surface area contributed by atoms with Crippen molar-refractivity contribution in [3.8, 4) is 5.69 Å². The molecule has 0 fully saturated rings. The molecule has 8 heteroatoms. The van der Waals surface area contributed by atoms with Crippen molar-refractivity contribution in [2.24, 2.45) is 5.73 Å². The summed E-state index contributed by atoms with van der Waals surface area (Å²) < 4.78 is 7.95. The van der Waals surface area contributed by atoms with Crippen molar-refractivity contribution in [1.29, 1.82) is 0 Å². The number of thiophene rings is 2. The molecule has 4 heterocycles. The van der Waals surface area contributed by atoms with Gasteiger partial charge in [0, 0.05) is 28.2 Å². The van der Waals surface area contributed by atoms with Gasteiger partial charge in [-0.15, -0.1) is 22.7 Å². The molecule has 0 saturated heterocycles. The standard InChI is InChI=1S/C16H17N5S3/c1-10(17)7-12-14(21-5-4-18-9-21)13-15(23-12)16(24-20-13)19-8-11-3-2-6-22-11/h2-6,9-10,19H,7-8,17H2,1H3. The van der Waals surface area contributed by atoms with E-state index in [2.05, 4.69) is 27.8 Å². The number of nitrogens with two attached hydrogens (primary N) is 1. The summed E-state index contributed by atoms with van der Waals surface area (Å²) in [5, 5.41) is 6.76. The molecule has 0 saturated carbocycles. The third-order valence-electron chi connectivity index (χ3n) is 3.64. The van der Waals surface area contributed by atoms with Gasteiger partial charge in [0.2, 0.25) is 0 Å². The largest absolute Gasteiger partial charge is 0.370 e. The lowest BCUT2D eigenvalue weighted by Crippen LogP contribution is -2.17. The molecule has 0 aliphatic carbocycles. The van der Waals surface area contributed by atoms with Gasteiger partial charge in [0.1, 0.15) is 10.5 Å². The van der Waals surface area contributed by atoms with Gasteiger partial charge in [-0.25, -0.2) is 4.98 Å². The van der Waals surface area contributed by atoms with Crippen LogP contribution in [0.15, 0.2) is 36.2 Å². The molecule has 1 atom stereocenters. The van der Waals surface area contributed by atoms with Crippen LogP contribution in [0.3, 0.4) is 0 Å². The fourth-order valence-corrected chi connectivity index (χ4v) is 5.52. The van der Waals surface area contributed by atoms with Crippen LogP contribution in [0.2, 0.25) is 0 Å². The maximum absolute atomic E-state index is 6.05. The summed E-state index contributed by atoms with van der Waals surface area (Å²) in [6.45, 7) is 2.87. The van der Waals surface area contributed by atoms with Crippen molar-refractivity contribution < 1.29 is 0 Å². The Balaban J connectivity index is 1.73. The van der Waals surface area contributed by atoms with Crippen LogP contribution in [0, 0.1) is 0 Å². The Morgan fingerprint density at radius 2 is 2.33 bits per heavy atom. The first-order valence-corrected chi connectivity index (χ1v) is 10.1. The zero-order chi connectivity index (χ0) is 16.5. The Labute approximate surface area is 151 Å². The molecule has 5 nitrogen and oxygen atoms in total. The van der Waals surface area contributed by atoms with Crippen molar-refractivity contribution >= 4 is 49.4 Å². The van der Waals surface area contributed by atoms with Crippen LogP contribution >= 0.6 is 34.2 Å². The first-order valence-electron chi connectivity index (χ1n) is 7.63. The van der Waals surface area contributed by atoms with Gasteiger partial charge >= 0.3 is 0 Å². The number of nitrogens with one attached hydrogen (secondary N) is 1. The fraction of sp³-hybridized carbons (Fsp3) is 0.250. The molecule has 4 aromatic rings. The number of aromatic nitrogens is 3. The van der Waals surface area contributed by atoms with Crippen LogP contribution in [-0.2, 0) is 13.0 Å². The van der Waals surface area contributed by atoms with E-state index in [1.807, 2.05) is 24.0 Å². The molecule has 0 radical (unpaired) electrons. The highest BCUT2D eigenvalue weighted by Crippen LogP contribution is 2.41. The van der Waals surface area contributed by atoms with E-state index >= 15 is 0 Å². The predicted octanol–water partition coefficient (Wildman–Crippen LogP) is 4.11. The molecule has 124 valence electrons. The molecule has 0 aliphatic heterocycles. The number of rotatable bonds is 6. The Hall–Kier alpha value is -1.74. The van der Waals surface area contributed by atoms with Crippen molar-refractivity contribution in [2.75, 3.05) is 5.32 Å². The molecule has 0 aromatic carbocycles. The Morgan fingerprint density at radius 1 is 1.42 bits per heavy atom. The highest BCUT2D eigenvalue weighted by Gasteiger charge is 2.20. The first-order chi connectivity index (χ1) is 11.7. The van der Waals surface area contributed by atoms with Gasteiger partial charge in [-0.2, -0.15) is 4.37 Å². The minimum atomic E-state index is 0.112. The van der Waals surface area contributed by atoms with E-state index in [1.54, 1.807) is 28.9 Å². The molecule has 0 bridgehead atoms. The predicted molar refractivity (Wildman–Crippen MR) is 104 cm³/mol. The van der Waals surface area contributed by atoms with Gasteiger partial charge in [0.25, 0.3) is 0 Å². The quantitative estimate of drug-likeness (QED) is 0.532. The summed E-state index contributed by atoms with van der Waals surface area (Å²) in [6, 6.07) is 4.33. The van der Waals surface area contributed by atoms with E-state index in [0.717, 1.165) is 29.2 Å². The van der Waals surface area contributed by atoms with Gasteiger partial charge in [-0.05, 0) is 36.3 Å². The number of anilines is 1. The van der Waals surface area contributed by atoms with Crippen LogP contribution < -0.4 is 11.1 Å². The summed E-state index contributed by atoms with van der Waals surface area (Å²) in [4.78, 5) is 6.76. The highest BCUT2D eigenvalue weighted by atomic mass is 32.1. The third kappa shape index (κ3) is 2.98. The van der Waals surface area contributed by atoms with Crippen molar-refractivity contribution in [3.05, 3.63) is 46.0 Å². The molecular formula is C16H17N5S3. The topological polar surface area (TPSA) is 68.8 Å². The van der Waals surface area contributed by atoms with E-state index in [-0.39, 0.29) is 6.04 Å². The Morgan fingerprint density at radius 3 is 3.04 bits per heavy atom. The minimum absolute atomic E-state index is 0.112. The second-order valence-corrected chi connectivity index (χ2v) is 8.56. The van der Waals surface area contributed by atoms with Crippen molar-refractivity contribution in [1.82, 2.24) is 13.9 Å². The van der Waals surface area contributed by atoms with E-state index < -0.39 is 0 Å². The van der Waals surface area contributed by atoms with E-state index in [4.69, 9.17) is 10.1 Å². The fourth-order valence-electron chi connectivity index (χ4n) is 2.61. The van der Waals surface area contributed by atoms with Crippen LogP contribution in [0.5, 0.6) is 0 Å². The Bertz CT molecular complexity index is 919. The maximum atomic E-state index is 6.05. The smallest absolute Gasteiger partial charge is 0.127 e. The minimum Gasteiger partial charge on any atom is -0.370 e. The summed E-state index contributed by atoms with van der Waals surface area (Å²) >= 11 is 5.06. The van der Waals surface area contributed by atoms with E-state index in [1.165, 1.54) is 26.0 Å². The van der Waals surface area contributed by atoms with Gasteiger partial charge in [0.15, 0.2) is 0 Å². The molecule has 0 aliphatic rings. The van der Waals surface area contributed by atoms with Crippen molar-refractivity contribution in [3.63, 3.8) is 0 Å². The normalized spacial score (nSPS) is 12.8. The van der Waals surface area contributed by atoms with E-state index in [0.29, 0.717) is 0 Å². The molecular weight excluding hydrogens is 358 g/mol. The van der Waals surface area contributed by atoms with Crippen LogP contribution in [0.4, 0.5) is 5.00 Å². The number of hydrogen-bond donors (Lipinski definition) is 2. The molecule has 0 spiro atoms. The third-order valence-corrected chi connectivity index (χ3v) is 6.65. The lowest BCUT2D eigenvalue weighted by Gasteiger charge is -2.06. The molecule has 0 amide bonds. The van der Waals surface area contributed by atoms with Crippen LogP contribution in [0.25, 0.3) is 15.9 Å². The summed E-state index contributed by atoms with van der Waals surface area (Å²) in [7, 11) is 0. The molecule has 4 aromatic heterocycles.